The second-order valence-corrected chi connectivity index (χ2v) is 5.65. The molecule has 1 saturated heterocycles. The van der Waals surface area contributed by atoms with Crippen molar-refractivity contribution in [1.29, 1.82) is 0 Å². The van der Waals surface area contributed by atoms with E-state index in [1.807, 2.05) is 24.4 Å². The smallest absolute Gasteiger partial charge is 0.266 e. The van der Waals surface area contributed by atoms with Crippen LogP contribution in [0.5, 0.6) is 0 Å². The van der Waals surface area contributed by atoms with Crippen LogP contribution in [-0.2, 0) is 11.3 Å². The van der Waals surface area contributed by atoms with Crippen molar-refractivity contribution < 1.29 is 9.21 Å². The molecule has 2 aromatic rings. The molecule has 19 heavy (non-hydrogen) atoms. The van der Waals surface area contributed by atoms with E-state index in [1.54, 1.807) is 23.3 Å². The van der Waals surface area contributed by atoms with Crippen LogP contribution in [0.2, 0.25) is 0 Å². The van der Waals surface area contributed by atoms with Crippen LogP contribution >= 0.6 is 24.0 Å². The Labute approximate surface area is 119 Å². The van der Waals surface area contributed by atoms with E-state index in [1.165, 1.54) is 11.8 Å². The summed E-state index contributed by atoms with van der Waals surface area (Å²) in [6, 6.07) is 7.41. The minimum Gasteiger partial charge on any atom is -0.467 e. The monoisotopic (exact) mass is 290 g/mol. The van der Waals surface area contributed by atoms with Gasteiger partial charge in [0.1, 0.15) is 10.1 Å². The van der Waals surface area contributed by atoms with Crippen LogP contribution < -0.4 is 0 Å². The fraction of sp³-hybridized carbons (Fsp3) is 0.0769. The van der Waals surface area contributed by atoms with Gasteiger partial charge in [-0.2, -0.15) is 0 Å². The molecule has 0 spiro atoms. The molecule has 0 aromatic carbocycles. The molecule has 6 heteroatoms. The molecule has 1 fully saturated rings. The van der Waals surface area contributed by atoms with Crippen molar-refractivity contribution in [2.75, 3.05) is 0 Å². The number of rotatable bonds is 3. The van der Waals surface area contributed by atoms with Crippen molar-refractivity contribution in [3.63, 3.8) is 0 Å². The van der Waals surface area contributed by atoms with Gasteiger partial charge in [0.2, 0.25) is 0 Å². The number of aromatic nitrogens is 1. The SMILES string of the molecule is O=C1/C(=C\c2ccc[nH]2)SC(=S)N1Cc1ccco1. The van der Waals surface area contributed by atoms with E-state index in [0.717, 1.165) is 11.5 Å². The van der Waals surface area contributed by atoms with Crippen LogP contribution in [-0.4, -0.2) is 20.1 Å². The molecular formula is C13H10N2O2S2. The van der Waals surface area contributed by atoms with Gasteiger partial charge in [-0.05, 0) is 30.3 Å². The predicted molar refractivity (Wildman–Crippen MR) is 78.2 cm³/mol. The maximum atomic E-state index is 12.3. The third-order valence-electron chi connectivity index (χ3n) is 2.68. The zero-order valence-electron chi connectivity index (χ0n) is 9.83. The Hall–Kier alpha value is -1.79. The Kier molecular flexibility index (Phi) is 3.27. The molecule has 0 atom stereocenters. The number of thiocarbonyl (C=S) groups is 1. The van der Waals surface area contributed by atoms with E-state index in [9.17, 15) is 4.79 Å². The topological polar surface area (TPSA) is 49.2 Å². The number of furan rings is 1. The van der Waals surface area contributed by atoms with Crippen molar-refractivity contribution >= 4 is 40.3 Å². The van der Waals surface area contributed by atoms with Crippen LogP contribution in [0.4, 0.5) is 0 Å². The minimum atomic E-state index is -0.0824. The number of hydrogen-bond donors (Lipinski definition) is 1. The minimum absolute atomic E-state index is 0.0824. The molecule has 4 nitrogen and oxygen atoms in total. The molecule has 0 saturated carbocycles. The van der Waals surface area contributed by atoms with Crippen LogP contribution in [0.3, 0.4) is 0 Å². The first-order valence-electron chi connectivity index (χ1n) is 5.65. The molecular weight excluding hydrogens is 280 g/mol. The summed E-state index contributed by atoms with van der Waals surface area (Å²) in [5.41, 5.74) is 0.887. The molecule has 96 valence electrons. The third-order valence-corrected chi connectivity index (χ3v) is 4.05. The predicted octanol–water partition coefficient (Wildman–Crippen LogP) is 3.01. The molecule has 1 aliphatic heterocycles. The maximum absolute atomic E-state index is 12.3. The lowest BCUT2D eigenvalue weighted by atomic mass is 10.3. The molecule has 3 heterocycles. The summed E-state index contributed by atoms with van der Waals surface area (Å²) in [6.07, 6.45) is 5.21. The highest BCUT2D eigenvalue weighted by atomic mass is 32.2. The fourth-order valence-electron chi connectivity index (χ4n) is 1.77. The van der Waals surface area contributed by atoms with Crippen molar-refractivity contribution in [3.8, 4) is 0 Å². The number of nitrogens with zero attached hydrogens (tertiary/aromatic N) is 1. The molecule has 0 radical (unpaired) electrons. The first-order valence-corrected chi connectivity index (χ1v) is 6.87. The lowest BCUT2D eigenvalue weighted by Crippen LogP contribution is -2.27. The van der Waals surface area contributed by atoms with Gasteiger partial charge in [-0.1, -0.05) is 24.0 Å². The van der Waals surface area contributed by atoms with Crippen molar-refractivity contribution in [2.24, 2.45) is 0 Å². The van der Waals surface area contributed by atoms with E-state index in [-0.39, 0.29) is 5.91 Å². The fourth-order valence-corrected chi connectivity index (χ4v) is 3.02. The summed E-state index contributed by atoms with van der Waals surface area (Å²) in [7, 11) is 0. The average Bonchev–Trinajstić information content (AvgIpc) is 3.10. The van der Waals surface area contributed by atoms with E-state index < -0.39 is 0 Å². The lowest BCUT2D eigenvalue weighted by molar-refractivity contribution is -0.122. The molecule has 0 aliphatic carbocycles. The molecule has 0 bridgehead atoms. The molecule has 1 N–H and O–H groups in total. The highest BCUT2D eigenvalue weighted by Crippen LogP contribution is 2.33. The van der Waals surface area contributed by atoms with E-state index in [0.29, 0.717) is 15.8 Å². The number of thioether (sulfide) groups is 1. The van der Waals surface area contributed by atoms with Crippen molar-refractivity contribution in [2.45, 2.75) is 6.54 Å². The van der Waals surface area contributed by atoms with Gasteiger partial charge >= 0.3 is 0 Å². The second-order valence-electron chi connectivity index (χ2n) is 3.97. The van der Waals surface area contributed by atoms with Gasteiger partial charge in [-0.15, -0.1) is 0 Å². The Morgan fingerprint density at radius 3 is 3.00 bits per heavy atom. The third kappa shape index (κ3) is 2.50. The average molecular weight is 290 g/mol. The van der Waals surface area contributed by atoms with Crippen LogP contribution in [0.15, 0.2) is 46.0 Å². The first-order chi connectivity index (χ1) is 9.24. The van der Waals surface area contributed by atoms with Gasteiger partial charge in [0.15, 0.2) is 0 Å². The molecule has 1 amide bonds. The number of aromatic amines is 1. The zero-order valence-corrected chi connectivity index (χ0v) is 11.5. The Morgan fingerprint density at radius 1 is 1.42 bits per heavy atom. The van der Waals surface area contributed by atoms with Crippen molar-refractivity contribution in [3.05, 3.63) is 53.1 Å². The lowest BCUT2D eigenvalue weighted by Gasteiger charge is -2.11. The Bertz CT molecular complexity index is 630. The first kappa shape index (κ1) is 12.3. The summed E-state index contributed by atoms with van der Waals surface area (Å²) in [5.74, 6) is 0.637. The number of nitrogens with one attached hydrogen (secondary N) is 1. The molecule has 0 unspecified atom stereocenters. The summed E-state index contributed by atoms with van der Waals surface area (Å²) >= 11 is 6.55. The normalized spacial score (nSPS) is 17.7. The maximum Gasteiger partial charge on any atom is 0.266 e. The number of H-pyrrole nitrogens is 1. The molecule has 2 aromatic heterocycles. The zero-order chi connectivity index (χ0) is 13.2. The van der Waals surface area contributed by atoms with E-state index in [4.69, 9.17) is 16.6 Å². The van der Waals surface area contributed by atoms with Gasteiger partial charge in [-0.3, -0.25) is 9.69 Å². The number of carbonyl (C=O) groups is 1. The van der Waals surface area contributed by atoms with E-state index >= 15 is 0 Å². The number of carbonyl (C=O) groups excluding carboxylic acids is 1. The quantitative estimate of drug-likeness (QED) is 0.697. The summed E-state index contributed by atoms with van der Waals surface area (Å²) in [6.45, 7) is 0.375. The summed E-state index contributed by atoms with van der Waals surface area (Å²) in [4.78, 5) is 17.5. The van der Waals surface area contributed by atoms with Gasteiger partial charge in [-0.25, -0.2) is 0 Å². The van der Waals surface area contributed by atoms with Crippen LogP contribution in [0, 0.1) is 0 Å². The standard InChI is InChI=1S/C13H10N2O2S2/c16-12-11(7-9-3-1-5-14-9)19-13(18)15(12)8-10-4-2-6-17-10/h1-7,14H,8H2/b11-7+. The Morgan fingerprint density at radius 2 is 2.32 bits per heavy atom. The Balaban J connectivity index is 1.81. The summed E-state index contributed by atoms with van der Waals surface area (Å²) in [5, 5.41) is 0. The van der Waals surface area contributed by atoms with Gasteiger partial charge in [0.25, 0.3) is 5.91 Å². The second kappa shape index (κ2) is 5.07. The van der Waals surface area contributed by atoms with E-state index in [2.05, 4.69) is 4.98 Å². The highest BCUT2D eigenvalue weighted by molar-refractivity contribution is 8.26. The van der Waals surface area contributed by atoms with Crippen LogP contribution in [0.25, 0.3) is 6.08 Å². The van der Waals surface area contributed by atoms with Gasteiger partial charge in [0.05, 0.1) is 17.7 Å². The van der Waals surface area contributed by atoms with Gasteiger partial charge in [0, 0.05) is 11.9 Å². The molecule has 1 aliphatic rings. The van der Waals surface area contributed by atoms with Gasteiger partial charge < -0.3 is 9.40 Å². The summed E-state index contributed by atoms with van der Waals surface area (Å²) < 4.78 is 5.80. The number of hydrogen-bond acceptors (Lipinski definition) is 4. The largest absolute Gasteiger partial charge is 0.467 e. The highest BCUT2D eigenvalue weighted by Gasteiger charge is 2.32. The molecule has 3 rings (SSSR count). The van der Waals surface area contributed by atoms with Crippen molar-refractivity contribution in [1.82, 2.24) is 9.88 Å². The number of amides is 1. The van der Waals surface area contributed by atoms with Crippen LogP contribution in [0.1, 0.15) is 11.5 Å².